The molecule has 0 saturated carbocycles. The first-order valence-corrected chi connectivity index (χ1v) is 10.5. The fourth-order valence-corrected chi connectivity index (χ4v) is 3.17. The molecule has 0 amide bonds. The first kappa shape index (κ1) is 25.1. The van der Waals surface area contributed by atoms with E-state index in [0.29, 0.717) is 34.1 Å². The zero-order chi connectivity index (χ0) is 23.0. The third-order valence-corrected chi connectivity index (χ3v) is 4.88. The van der Waals surface area contributed by atoms with Gasteiger partial charge < -0.3 is 19.8 Å². The van der Waals surface area contributed by atoms with Crippen molar-refractivity contribution in [2.45, 2.75) is 6.54 Å². The van der Waals surface area contributed by atoms with Crippen LogP contribution in [0.1, 0.15) is 11.3 Å². The molecule has 0 bridgehead atoms. The van der Waals surface area contributed by atoms with Crippen LogP contribution in [-0.4, -0.2) is 28.3 Å². The molecule has 0 aliphatic rings. The number of hydrogen-bond acceptors (Lipinski definition) is 9. The molecular formula is C22H20Cl3N7O2. The number of nitrogens with zero attached hydrogens (tertiary/aromatic N) is 4. The van der Waals surface area contributed by atoms with Gasteiger partial charge in [0, 0.05) is 16.3 Å². The average molecular weight is 521 g/mol. The SMILES string of the molecule is COc1ccc(Nc2nc(NCc3ccco3)nc(NN=Cc3ccc(Cl)cc3Cl)n2)cc1.Cl. The third-order valence-electron chi connectivity index (χ3n) is 4.31. The molecule has 0 saturated heterocycles. The lowest BCUT2D eigenvalue weighted by atomic mass is 10.2. The van der Waals surface area contributed by atoms with Crippen LogP contribution in [0.4, 0.5) is 23.5 Å². The number of benzene rings is 2. The molecule has 9 nitrogen and oxygen atoms in total. The molecule has 176 valence electrons. The highest BCUT2D eigenvalue weighted by Crippen LogP contribution is 2.21. The summed E-state index contributed by atoms with van der Waals surface area (Å²) < 4.78 is 10.5. The van der Waals surface area contributed by atoms with Crippen molar-refractivity contribution in [3.05, 3.63) is 82.2 Å². The first-order valence-electron chi connectivity index (χ1n) is 9.76. The van der Waals surface area contributed by atoms with Gasteiger partial charge >= 0.3 is 0 Å². The van der Waals surface area contributed by atoms with Gasteiger partial charge in [0.15, 0.2) is 0 Å². The fraction of sp³-hybridized carbons (Fsp3) is 0.0909. The number of hydrogen-bond donors (Lipinski definition) is 3. The minimum absolute atomic E-state index is 0. The molecular weight excluding hydrogens is 501 g/mol. The van der Waals surface area contributed by atoms with E-state index in [1.807, 2.05) is 36.4 Å². The molecule has 4 aromatic rings. The van der Waals surface area contributed by atoms with Gasteiger partial charge in [0.2, 0.25) is 17.8 Å². The van der Waals surface area contributed by atoms with E-state index in [4.69, 9.17) is 32.4 Å². The van der Waals surface area contributed by atoms with E-state index in [2.05, 4.69) is 36.1 Å². The Kier molecular flexibility index (Phi) is 8.92. The van der Waals surface area contributed by atoms with E-state index in [1.165, 1.54) is 0 Å². The third kappa shape index (κ3) is 6.98. The second-order valence-corrected chi connectivity index (χ2v) is 7.47. The van der Waals surface area contributed by atoms with Gasteiger partial charge in [-0.05, 0) is 48.5 Å². The number of aromatic nitrogens is 3. The van der Waals surface area contributed by atoms with Gasteiger partial charge in [-0.15, -0.1) is 12.4 Å². The lowest BCUT2D eigenvalue weighted by molar-refractivity contribution is 0.415. The number of methoxy groups -OCH3 is 1. The van der Waals surface area contributed by atoms with Crippen molar-refractivity contribution in [3.63, 3.8) is 0 Å². The molecule has 4 rings (SSSR count). The van der Waals surface area contributed by atoms with Crippen LogP contribution in [0.5, 0.6) is 5.75 Å². The average Bonchev–Trinajstić information content (AvgIpc) is 3.33. The quantitative estimate of drug-likeness (QED) is 0.182. The van der Waals surface area contributed by atoms with Crippen LogP contribution in [0.25, 0.3) is 0 Å². The summed E-state index contributed by atoms with van der Waals surface area (Å²) in [7, 11) is 1.61. The van der Waals surface area contributed by atoms with Crippen LogP contribution < -0.4 is 20.8 Å². The summed E-state index contributed by atoms with van der Waals surface area (Å²) >= 11 is 12.1. The highest BCUT2D eigenvalue weighted by atomic mass is 35.5. The van der Waals surface area contributed by atoms with Gasteiger partial charge in [-0.1, -0.05) is 29.3 Å². The summed E-state index contributed by atoms with van der Waals surface area (Å²) in [5, 5.41) is 11.5. The molecule has 0 aliphatic heterocycles. The summed E-state index contributed by atoms with van der Waals surface area (Å²) in [6, 6.07) is 16.2. The zero-order valence-electron chi connectivity index (χ0n) is 17.8. The minimum atomic E-state index is 0. The van der Waals surface area contributed by atoms with Crippen LogP contribution >= 0.6 is 35.6 Å². The predicted octanol–water partition coefficient (Wildman–Crippen LogP) is 6.00. The van der Waals surface area contributed by atoms with E-state index >= 15 is 0 Å². The molecule has 2 aromatic carbocycles. The standard InChI is InChI=1S/C22H19Cl2N7O2.ClH/c1-32-17-8-6-16(7-9-17)27-21-28-20(25-13-18-3-2-10-33-18)29-22(30-21)31-26-12-14-4-5-15(23)11-19(14)24;/h2-12H,13H2,1H3,(H3,25,27,28,29,30,31);1H. The number of ether oxygens (including phenoxy) is 1. The highest BCUT2D eigenvalue weighted by Gasteiger charge is 2.08. The molecule has 0 fully saturated rings. The van der Waals surface area contributed by atoms with Crippen LogP contribution in [-0.2, 0) is 6.54 Å². The van der Waals surface area contributed by atoms with Crippen molar-refractivity contribution in [1.29, 1.82) is 0 Å². The van der Waals surface area contributed by atoms with Crippen LogP contribution in [0.3, 0.4) is 0 Å². The topological polar surface area (TPSA) is 109 Å². The first-order chi connectivity index (χ1) is 16.1. The normalized spacial score (nSPS) is 10.6. The second kappa shape index (κ2) is 12.1. The van der Waals surface area contributed by atoms with Crippen molar-refractivity contribution in [2.75, 3.05) is 23.2 Å². The van der Waals surface area contributed by atoms with E-state index in [9.17, 15) is 0 Å². The van der Waals surface area contributed by atoms with E-state index in [-0.39, 0.29) is 18.4 Å². The van der Waals surface area contributed by atoms with Crippen molar-refractivity contribution < 1.29 is 9.15 Å². The van der Waals surface area contributed by atoms with E-state index in [0.717, 1.165) is 17.2 Å². The second-order valence-electron chi connectivity index (χ2n) is 6.63. The Bertz CT molecular complexity index is 1240. The maximum Gasteiger partial charge on any atom is 0.250 e. The lowest BCUT2D eigenvalue weighted by Crippen LogP contribution is -2.09. The molecule has 34 heavy (non-hydrogen) atoms. The summed E-state index contributed by atoms with van der Waals surface area (Å²) in [4.78, 5) is 13.1. The Morgan fingerprint density at radius 3 is 2.47 bits per heavy atom. The Hall–Kier alpha value is -3.53. The maximum absolute atomic E-state index is 6.18. The van der Waals surface area contributed by atoms with Gasteiger partial charge in [0.1, 0.15) is 11.5 Å². The van der Waals surface area contributed by atoms with Gasteiger partial charge in [-0.25, -0.2) is 5.43 Å². The number of hydrazone groups is 1. The number of furan rings is 1. The fourth-order valence-electron chi connectivity index (χ4n) is 2.71. The van der Waals surface area contributed by atoms with E-state index in [1.54, 1.807) is 37.8 Å². The number of anilines is 4. The largest absolute Gasteiger partial charge is 0.497 e. The predicted molar refractivity (Wildman–Crippen MR) is 137 cm³/mol. The summed E-state index contributed by atoms with van der Waals surface area (Å²) in [6.45, 7) is 0.405. The highest BCUT2D eigenvalue weighted by molar-refractivity contribution is 6.36. The molecule has 2 aromatic heterocycles. The van der Waals surface area contributed by atoms with Crippen molar-refractivity contribution in [3.8, 4) is 5.75 Å². The van der Waals surface area contributed by atoms with Crippen molar-refractivity contribution in [1.82, 2.24) is 15.0 Å². The molecule has 12 heteroatoms. The summed E-state index contributed by atoms with van der Waals surface area (Å²) in [5.41, 5.74) is 4.27. The minimum Gasteiger partial charge on any atom is -0.497 e. The Labute approximate surface area is 212 Å². The molecule has 2 heterocycles. The molecule has 0 unspecified atom stereocenters. The van der Waals surface area contributed by atoms with Crippen LogP contribution in [0.2, 0.25) is 10.0 Å². The van der Waals surface area contributed by atoms with Crippen LogP contribution in [0.15, 0.2) is 70.4 Å². The van der Waals surface area contributed by atoms with Gasteiger partial charge in [0.05, 0.1) is 31.2 Å². The number of rotatable bonds is 9. The van der Waals surface area contributed by atoms with Crippen molar-refractivity contribution >= 4 is 65.4 Å². The summed E-state index contributed by atoms with van der Waals surface area (Å²) in [6.07, 6.45) is 3.15. The summed E-state index contributed by atoms with van der Waals surface area (Å²) in [5.74, 6) is 2.36. The van der Waals surface area contributed by atoms with E-state index < -0.39 is 0 Å². The Morgan fingerprint density at radius 2 is 1.76 bits per heavy atom. The number of halogens is 3. The smallest absolute Gasteiger partial charge is 0.250 e. The number of nitrogens with one attached hydrogen (secondary N) is 3. The monoisotopic (exact) mass is 519 g/mol. The zero-order valence-corrected chi connectivity index (χ0v) is 20.2. The Morgan fingerprint density at radius 1 is 1.00 bits per heavy atom. The van der Waals surface area contributed by atoms with Gasteiger partial charge in [-0.2, -0.15) is 20.1 Å². The van der Waals surface area contributed by atoms with Crippen LogP contribution in [0, 0.1) is 0 Å². The van der Waals surface area contributed by atoms with Crippen molar-refractivity contribution in [2.24, 2.45) is 5.10 Å². The lowest BCUT2D eigenvalue weighted by Gasteiger charge is -2.10. The molecule has 3 N–H and O–H groups in total. The molecule has 0 aliphatic carbocycles. The Balaban J connectivity index is 0.00000324. The van der Waals surface area contributed by atoms with Gasteiger partial charge in [0.25, 0.3) is 0 Å². The maximum atomic E-state index is 6.18. The molecule has 0 radical (unpaired) electrons. The molecule has 0 atom stereocenters. The van der Waals surface area contributed by atoms with Gasteiger partial charge in [-0.3, -0.25) is 0 Å². The molecule has 0 spiro atoms.